The Morgan fingerprint density at radius 2 is 2.09 bits per heavy atom. The third-order valence-electron chi connectivity index (χ3n) is 6.13. The first-order valence-electron chi connectivity index (χ1n) is 11.1. The number of aliphatic hydroxyl groups is 1. The number of carbonyl (C=O) groups is 1. The van der Waals surface area contributed by atoms with E-state index in [0.29, 0.717) is 34.7 Å². The van der Waals surface area contributed by atoms with Crippen LogP contribution in [0.2, 0.25) is 5.02 Å². The van der Waals surface area contributed by atoms with Crippen molar-refractivity contribution in [3.63, 3.8) is 0 Å². The van der Waals surface area contributed by atoms with Gasteiger partial charge in [0.15, 0.2) is 0 Å². The molecule has 1 aliphatic carbocycles. The van der Waals surface area contributed by atoms with Gasteiger partial charge in [-0.2, -0.15) is 5.10 Å². The zero-order valence-electron chi connectivity index (χ0n) is 18.6. The highest BCUT2D eigenvalue weighted by Gasteiger charge is 2.27. The minimum absolute atomic E-state index is 0.261. The molecule has 0 saturated heterocycles. The van der Waals surface area contributed by atoms with Crippen LogP contribution in [-0.2, 0) is 6.42 Å². The van der Waals surface area contributed by atoms with Gasteiger partial charge < -0.3 is 15.2 Å². The van der Waals surface area contributed by atoms with Crippen molar-refractivity contribution in [2.75, 3.05) is 7.11 Å². The van der Waals surface area contributed by atoms with E-state index in [1.54, 1.807) is 24.1 Å². The number of nitrogens with zero attached hydrogens (tertiary/aromatic N) is 2. The van der Waals surface area contributed by atoms with Crippen LogP contribution in [0.15, 0.2) is 55.4 Å². The first-order chi connectivity index (χ1) is 16.0. The van der Waals surface area contributed by atoms with Crippen molar-refractivity contribution in [1.82, 2.24) is 15.1 Å². The molecule has 2 aromatic carbocycles. The predicted octanol–water partition coefficient (Wildman–Crippen LogP) is 4.80. The van der Waals surface area contributed by atoms with Gasteiger partial charge in [-0.15, -0.1) is 0 Å². The van der Waals surface area contributed by atoms with Gasteiger partial charge in [0.05, 0.1) is 30.0 Å². The molecule has 2 atom stereocenters. The van der Waals surface area contributed by atoms with Crippen molar-refractivity contribution >= 4 is 23.6 Å². The number of benzene rings is 2. The number of carbonyl (C=O) groups excluding carboxylic acids is 1. The molecule has 3 aromatic rings. The van der Waals surface area contributed by atoms with Crippen molar-refractivity contribution < 1.29 is 14.6 Å². The van der Waals surface area contributed by atoms with E-state index in [9.17, 15) is 9.90 Å². The first-order valence-corrected chi connectivity index (χ1v) is 11.5. The number of amides is 1. The van der Waals surface area contributed by atoms with E-state index in [-0.39, 0.29) is 11.9 Å². The highest BCUT2D eigenvalue weighted by atomic mass is 35.5. The quantitative estimate of drug-likeness (QED) is 0.525. The Bertz CT molecular complexity index is 1130. The van der Waals surface area contributed by atoms with Crippen LogP contribution in [0.1, 0.15) is 52.7 Å². The van der Waals surface area contributed by atoms with Crippen molar-refractivity contribution in [2.24, 2.45) is 0 Å². The van der Waals surface area contributed by atoms with E-state index in [1.165, 1.54) is 0 Å². The average molecular weight is 466 g/mol. The summed E-state index contributed by atoms with van der Waals surface area (Å²) >= 11 is 6.66. The van der Waals surface area contributed by atoms with Crippen molar-refractivity contribution in [3.05, 3.63) is 82.6 Å². The number of nitrogens with one attached hydrogen (secondary N) is 1. The molecule has 1 amide bonds. The van der Waals surface area contributed by atoms with E-state index in [2.05, 4.69) is 17.0 Å². The number of halogens is 1. The zero-order valence-corrected chi connectivity index (χ0v) is 19.4. The lowest BCUT2D eigenvalue weighted by molar-refractivity contribution is 0.0717. The molecule has 7 heteroatoms. The molecule has 2 N–H and O–H groups in total. The van der Waals surface area contributed by atoms with Crippen molar-refractivity contribution in [3.8, 4) is 11.4 Å². The third kappa shape index (κ3) is 4.97. The monoisotopic (exact) mass is 465 g/mol. The number of ether oxygens (including phenoxy) is 1. The minimum atomic E-state index is -0.531. The summed E-state index contributed by atoms with van der Waals surface area (Å²) in [5.74, 6) is 0.257. The summed E-state index contributed by atoms with van der Waals surface area (Å²) in [7, 11) is 1.57. The molecule has 0 bridgehead atoms. The molecule has 172 valence electrons. The molecule has 0 spiro atoms. The maximum Gasteiger partial charge on any atom is 0.252 e. The Hall–Kier alpha value is -3.09. The van der Waals surface area contributed by atoms with Crippen LogP contribution in [0.3, 0.4) is 0 Å². The van der Waals surface area contributed by atoms with Crippen LogP contribution < -0.4 is 10.1 Å². The molecule has 1 aliphatic rings. The SMILES string of the molecule is C=Cc1c(C(=O)NC2CCCCC2O)cc(Cc2ccc(-n3cccn3)cc2)c(OC)c1Cl. The summed E-state index contributed by atoms with van der Waals surface area (Å²) in [6.07, 6.45) is 8.61. The van der Waals surface area contributed by atoms with Crippen molar-refractivity contribution in [2.45, 2.75) is 44.2 Å². The van der Waals surface area contributed by atoms with Gasteiger partial charge in [-0.05, 0) is 42.7 Å². The van der Waals surface area contributed by atoms with Crippen LogP contribution in [0.4, 0.5) is 0 Å². The number of rotatable bonds is 7. The average Bonchev–Trinajstić information content (AvgIpc) is 3.36. The molecule has 1 heterocycles. The normalized spacial score (nSPS) is 18.0. The number of hydrogen-bond acceptors (Lipinski definition) is 4. The van der Waals surface area contributed by atoms with Crippen molar-refractivity contribution in [1.29, 1.82) is 0 Å². The van der Waals surface area contributed by atoms with Crippen LogP contribution in [0.25, 0.3) is 11.8 Å². The van der Waals surface area contributed by atoms with Crippen LogP contribution in [-0.4, -0.2) is 40.0 Å². The fourth-order valence-corrected chi connectivity index (χ4v) is 4.75. The van der Waals surface area contributed by atoms with E-state index in [1.807, 2.05) is 42.6 Å². The van der Waals surface area contributed by atoms with Gasteiger partial charge in [0.2, 0.25) is 0 Å². The lowest BCUT2D eigenvalue weighted by Crippen LogP contribution is -2.45. The lowest BCUT2D eigenvalue weighted by atomic mass is 9.91. The second kappa shape index (κ2) is 10.2. The molecule has 0 radical (unpaired) electrons. The summed E-state index contributed by atoms with van der Waals surface area (Å²) < 4.78 is 7.40. The Morgan fingerprint density at radius 1 is 1.33 bits per heavy atom. The second-order valence-electron chi connectivity index (χ2n) is 8.27. The first kappa shape index (κ1) is 23.1. The third-order valence-corrected chi connectivity index (χ3v) is 6.51. The summed E-state index contributed by atoms with van der Waals surface area (Å²) in [5, 5.41) is 17.9. The largest absolute Gasteiger partial charge is 0.495 e. The van der Waals surface area contributed by atoms with E-state index >= 15 is 0 Å². The standard InChI is InChI=1S/C26H28ClN3O3/c1-3-20-21(26(32)29-22-7-4-5-8-23(22)31)16-18(25(33-2)24(20)27)15-17-9-11-19(12-10-17)30-14-6-13-28-30/h3,6,9-14,16,22-23,31H,1,4-5,7-8,15H2,2H3,(H,29,32). The van der Waals surface area contributed by atoms with Crippen LogP contribution >= 0.6 is 11.6 Å². The van der Waals surface area contributed by atoms with Gasteiger partial charge >= 0.3 is 0 Å². The molecule has 1 fully saturated rings. The minimum Gasteiger partial charge on any atom is -0.495 e. The molecular weight excluding hydrogens is 438 g/mol. The Kier molecular flexibility index (Phi) is 7.16. The number of methoxy groups -OCH3 is 1. The van der Waals surface area contributed by atoms with E-state index in [0.717, 1.165) is 36.1 Å². The summed E-state index contributed by atoms with van der Waals surface area (Å²) in [5.41, 5.74) is 3.75. The summed E-state index contributed by atoms with van der Waals surface area (Å²) in [6, 6.07) is 11.4. The van der Waals surface area contributed by atoms with Crippen LogP contribution in [0.5, 0.6) is 5.75 Å². The van der Waals surface area contributed by atoms with Gasteiger partial charge in [0, 0.05) is 35.5 Å². The zero-order chi connectivity index (χ0) is 23.4. The number of aliphatic hydroxyl groups excluding tert-OH is 1. The van der Waals surface area contributed by atoms with Crippen LogP contribution in [0, 0.1) is 0 Å². The predicted molar refractivity (Wildman–Crippen MR) is 130 cm³/mol. The second-order valence-corrected chi connectivity index (χ2v) is 8.65. The summed E-state index contributed by atoms with van der Waals surface area (Å²) in [6.45, 7) is 3.84. The fraction of sp³-hybridized carbons (Fsp3) is 0.308. The molecule has 6 nitrogen and oxygen atoms in total. The van der Waals surface area contributed by atoms with E-state index < -0.39 is 6.10 Å². The molecule has 4 rings (SSSR count). The van der Waals surface area contributed by atoms with Gasteiger partial charge in [-0.3, -0.25) is 4.79 Å². The highest BCUT2D eigenvalue weighted by molar-refractivity contribution is 6.34. The maximum absolute atomic E-state index is 13.2. The molecule has 0 aliphatic heterocycles. The Labute approximate surface area is 198 Å². The molecule has 1 aromatic heterocycles. The summed E-state index contributed by atoms with van der Waals surface area (Å²) in [4.78, 5) is 13.2. The molecule has 2 unspecified atom stereocenters. The molecule has 33 heavy (non-hydrogen) atoms. The maximum atomic E-state index is 13.2. The fourth-order valence-electron chi connectivity index (χ4n) is 4.37. The lowest BCUT2D eigenvalue weighted by Gasteiger charge is -2.28. The topological polar surface area (TPSA) is 76.4 Å². The Morgan fingerprint density at radius 3 is 2.73 bits per heavy atom. The van der Waals surface area contributed by atoms with E-state index in [4.69, 9.17) is 16.3 Å². The smallest absolute Gasteiger partial charge is 0.252 e. The van der Waals surface area contributed by atoms with Gasteiger partial charge in [-0.1, -0.05) is 49.2 Å². The molecular formula is C26H28ClN3O3. The molecule has 1 saturated carbocycles. The van der Waals surface area contributed by atoms with Gasteiger partial charge in [-0.25, -0.2) is 4.68 Å². The Balaban J connectivity index is 1.64. The number of hydrogen-bond donors (Lipinski definition) is 2. The van der Waals surface area contributed by atoms with Gasteiger partial charge in [0.1, 0.15) is 5.75 Å². The number of aromatic nitrogens is 2. The highest BCUT2D eigenvalue weighted by Crippen LogP contribution is 2.37. The van der Waals surface area contributed by atoms with Gasteiger partial charge in [0.25, 0.3) is 5.91 Å².